The maximum absolute atomic E-state index is 13.3. The number of fused-ring (bicyclic) bond motifs is 1. The summed E-state index contributed by atoms with van der Waals surface area (Å²) in [4.78, 5) is 45.1. The third-order valence-electron chi connectivity index (χ3n) is 4.90. The lowest BCUT2D eigenvalue weighted by Gasteiger charge is -2.17. The van der Waals surface area contributed by atoms with Crippen molar-refractivity contribution < 1.29 is 14.3 Å². The molecule has 7 heteroatoms. The van der Waals surface area contributed by atoms with Gasteiger partial charge in [0.05, 0.1) is 29.4 Å². The van der Waals surface area contributed by atoms with Gasteiger partial charge in [-0.2, -0.15) is 0 Å². The molecular formula is C24H19N3O4. The van der Waals surface area contributed by atoms with E-state index in [1.807, 2.05) is 48.5 Å². The van der Waals surface area contributed by atoms with E-state index < -0.39 is 23.5 Å². The van der Waals surface area contributed by atoms with Gasteiger partial charge in [0.1, 0.15) is 0 Å². The van der Waals surface area contributed by atoms with Gasteiger partial charge in [-0.3, -0.25) is 9.59 Å². The standard InChI is InChI=1S/C24H19N3O4/c1-31-24(30)21(17-11-7-13-25-22(17)28)27-23(29)18-14-20(15-8-3-2-4-9-15)26-19-12-6-5-10-16(18)19/h2-14,21H,1H3,(H,25,28)(H,27,29). The SMILES string of the molecule is COC(=O)C(NC(=O)c1cc(-c2ccccc2)nc2ccccc12)c1ccc[nH]c1=O. The number of pyridine rings is 2. The third kappa shape index (κ3) is 4.06. The topological polar surface area (TPSA) is 101 Å². The molecule has 4 aromatic rings. The minimum absolute atomic E-state index is 0.0874. The Bertz CT molecular complexity index is 1320. The van der Waals surface area contributed by atoms with Gasteiger partial charge in [-0.05, 0) is 24.3 Å². The molecule has 31 heavy (non-hydrogen) atoms. The van der Waals surface area contributed by atoms with E-state index in [1.165, 1.54) is 19.4 Å². The molecule has 1 atom stereocenters. The van der Waals surface area contributed by atoms with Gasteiger partial charge in [0.2, 0.25) is 0 Å². The molecule has 0 aliphatic carbocycles. The maximum Gasteiger partial charge on any atom is 0.333 e. The summed E-state index contributed by atoms with van der Waals surface area (Å²) in [5, 5.41) is 3.28. The Morgan fingerprint density at radius 1 is 1.00 bits per heavy atom. The molecule has 2 aromatic heterocycles. The number of carbonyl (C=O) groups is 2. The number of nitrogens with zero attached hydrogens (tertiary/aromatic N) is 1. The average Bonchev–Trinajstić information content (AvgIpc) is 2.82. The lowest BCUT2D eigenvalue weighted by molar-refractivity contribution is -0.143. The highest BCUT2D eigenvalue weighted by Gasteiger charge is 2.27. The van der Waals surface area contributed by atoms with E-state index >= 15 is 0 Å². The Morgan fingerprint density at radius 3 is 2.48 bits per heavy atom. The predicted molar refractivity (Wildman–Crippen MR) is 116 cm³/mol. The zero-order chi connectivity index (χ0) is 21.8. The van der Waals surface area contributed by atoms with Gasteiger partial charge in [-0.25, -0.2) is 9.78 Å². The highest BCUT2D eigenvalue weighted by Crippen LogP contribution is 2.25. The first kappa shape index (κ1) is 20.0. The third-order valence-corrected chi connectivity index (χ3v) is 4.90. The van der Waals surface area contributed by atoms with Crippen LogP contribution in [0.5, 0.6) is 0 Å². The summed E-state index contributed by atoms with van der Waals surface area (Å²) in [6.07, 6.45) is 1.45. The number of esters is 1. The molecule has 0 radical (unpaired) electrons. The number of aromatic amines is 1. The van der Waals surface area contributed by atoms with Crippen LogP contribution in [-0.4, -0.2) is 29.0 Å². The molecule has 0 spiro atoms. The van der Waals surface area contributed by atoms with Crippen LogP contribution in [-0.2, 0) is 9.53 Å². The highest BCUT2D eigenvalue weighted by atomic mass is 16.5. The Morgan fingerprint density at radius 2 is 1.74 bits per heavy atom. The van der Waals surface area contributed by atoms with Gasteiger partial charge in [0, 0.05) is 17.1 Å². The summed E-state index contributed by atoms with van der Waals surface area (Å²) in [5.41, 5.74) is 2.06. The monoisotopic (exact) mass is 413 g/mol. The largest absolute Gasteiger partial charge is 0.467 e. The lowest BCUT2D eigenvalue weighted by Crippen LogP contribution is -2.37. The normalized spacial score (nSPS) is 11.6. The van der Waals surface area contributed by atoms with Crippen LogP contribution in [0.25, 0.3) is 22.2 Å². The number of hydrogen-bond acceptors (Lipinski definition) is 5. The van der Waals surface area contributed by atoms with Crippen molar-refractivity contribution in [1.29, 1.82) is 0 Å². The van der Waals surface area contributed by atoms with Crippen LogP contribution < -0.4 is 10.9 Å². The molecule has 7 nitrogen and oxygen atoms in total. The number of para-hydroxylation sites is 1. The van der Waals surface area contributed by atoms with E-state index in [9.17, 15) is 14.4 Å². The van der Waals surface area contributed by atoms with Crippen molar-refractivity contribution in [2.45, 2.75) is 6.04 Å². The molecule has 2 aromatic carbocycles. The van der Waals surface area contributed by atoms with Crippen molar-refractivity contribution in [3.8, 4) is 11.3 Å². The summed E-state index contributed by atoms with van der Waals surface area (Å²) < 4.78 is 4.82. The number of methoxy groups -OCH3 is 1. The molecule has 4 rings (SSSR count). The minimum atomic E-state index is -1.26. The molecule has 1 amide bonds. The fourth-order valence-corrected chi connectivity index (χ4v) is 3.37. The number of aromatic nitrogens is 2. The Hall–Kier alpha value is -4.26. The molecule has 0 fully saturated rings. The summed E-state index contributed by atoms with van der Waals surface area (Å²) in [5.74, 6) is -1.26. The number of hydrogen-bond donors (Lipinski definition) is 2. The maximum atomic E-state index is 13.3. The van der Waals surface area contributed by atoms with Gasteiger partial charge >= 0.3 is 5.97 Å². The number of ether oxygens (including phenoxy) is 1. The predicted octanol–water partition coefficient (Wildman–Crippen LogP) is 3.23. The van der Waals surface area contributed by atoms with E-state index in [2.05, 4.69) is 15.3 Å². The van der Waals surface area contributed by atoms with Crippen LogP contribution in [0.1, 0.15) is 22.0 Å². The van der Waals surface area contributed by atoms with E-state index in [0.29, 0.717) is 22.2 Å². The van der Waals surface area contributed by atoms with Crippen LogP contribution in [0.4, 0.5) is 0 Å². The lowest BCUT2D eigenvalue weighted by atomic mass is 10.0. The molecule has 0 bridgehead atoms. The number of H-pyrrole nitrogens is 1. The molecule has 154 valence electrons. The molecule has 2 heterocycles. The van der Waals surface area contributed by atoms with Crippen molar-refractivity contribution in [2.75, 3.05) is 7.11 Å². The van der Waals surface area contributed by atoms with Gasteiger partial charge < -0.3 is 15.0 Å². The van der Waals surface area contributed by atoms with E-state index in [4.69, 9.17) is 4.74 Å². The Labute approximate surface area is 177 Å². The fourth-order valence-electron chi connectivity index (χ4n) is 3.37. The van der Waals surface area contributed by atoms with Crippen LogP contribution in [0.2, 0.25) is 0 Å². The van der Waals surface area contributed by atoms with E-state index in [1.54, 1.807) is 18.2 Å². The molecule has 1 unspecified atom stereocenters. The van der Waals surface area contributed by atoms with Gasteiger partial charge in [-0.15, -0.1) is 0 Å². The van der Waals surface area contributed by atoms with Crippen molar-refractivity contribution in [1.82, 2.24) is 15.3 Å². The zero-order valence-electron chi connectivity index (χ0n) is 16.7. The average molecular weight is 413 g/mol. The first-order valence-electron chi connectivity index (χ1n) is 9.60. The van der Waals surface area contributed by atoms with E-state index in [-0.39, 0.29) is 5.56 Å². The van der Waals surface area contributed by atoms with Crippen LogP contribution in [0.3, 0.4) is 0 Å². The summed E-state index contributed by atoms with van der Waals surface area (Å²) >= 11 is 0. The molecule has 0 saturated carbocycles. The highest BCUT2D eigenvalue weighted by molar-refractivity contribution is 6.08. The Balaban J connectivity index is 1.80. The second-order valence-electron chi connectivity index (χ2n) is 6.82. The Kier molecular flexibility index (Phi) is 5.57. The zero-order valence-corrected chi connectivity index (χ0v) is 16.7. The number of carbonyl (C=O) groups excluding carboxylic acids is 2. The number of rotatable bonds is 5. The van der Waals surface area contributed by atoms with Crippen molar-refractivity contribution >= 4 is 22.8 Å². The molecule has 0 saturated heterocycles. The fraction of sp³-hybridized carbons (Fsp3) is 0.0833. The number of nitrogens with one attached hydrogen (secondary N) is 2. The van der Waals surface area contributed by atoms with Crippen LogP contribution in [0, 0.1) is 0 Å². The smallest absolute Gasteiger partial charge is 0.333 e. The molecule has 0 aliphatic rings. The second kappa shape index (κ2) is 8.62. The van der Waals surface area contributed by atoms with Crippen molar-refractivity contribution in [3.63, 3.8) is 0 Å². The first-order valence-corrected chi connectivity index (χ1v) is 9.60. The van der Waals surface area contributed by atoms with Crippen LogP contribution >= 0.6 is 0 Å². The van der Waals surface area contributed by atoms with Crippen molar-refractivity contribution in [2.24, 2.45) is 0 Å². The van der Waals surface area contributed by atoms with Gasteiger partial charge in [-0.1, -0.05) is 48.5 Å². The summed E-state index contributed by atoms with van der Waals surface area (Å²) in [6, 6.07) is 20.2. The minimum Gasteiger partial charge on any atom is -0.467 e. The quantitative estimate of drug-likeness (QED) is 0.489. The summed E-state index contributed by atoms with van der Waals surface area (Å²) in [7, 11) is 1.20. The molecular weight excluding hydrogens is 394 g/mol. The number of benzene rings is 2. The molecule has 2 N–H and O–H groups in total. The first-order chi connectivity index (χ1) is 15.1. The number of amides is 1. The second-order valence-corrected chi connectivity index (χ2v) is 6.82. The molecule has 0 aliphatic heterocycles. The van der Waals surface area contributed by atoms with Gasteiger partial charge in [0.15, 0.2) is 6.04 Å². The summed E-state index contributed by atoms with van der Waals surface area (Å²) in [6.45, 7) is 0. The van der Waals surface area contributed by atoms with Gasteiger partial charge in [0.25, 0.3) is 11.5 Å². The van der Waals surface area contributed by atoms with E-state index in [0.717, 1.165) is 5.56 Å². The van der Waals surface area contributed by atoms with Crippen LogP contribution in [0.15, 0.2) is 83.8 Å². The van der Waals surface area contributed by atoms with Crippen molar-refractivity contribution in [3.05, 3.63) is 100 Å².